The van der Waals surface area contributed by atoms with Crippen LogP contribution in [0.25, 0.3) is 0 Å². The Bertz CT molecular complexity index is 926. The van der Waals surface area contributed by atoms with Crippen molar-refractivity contribution in [3.05, 3.63) is 65.5 Å². The molecule has 0 atom stereocenters. The Labute approximate surface area is 162 Å². The normalized spacial score (nSPS) is 11.4. The van der Waals surface area contributed by atoms with E-state index in [4.69, 9.17) is 4.74 Å². The maximum atomic E-state index is 12.8. The molecule has 2 aromatic carbocycles. The number of nitrogens with zero attached hydrogens (tertiary/aromatic N) is 1. The summed E-state index contributed by atoms with van der Waals surface area (Å²) in [7, 11) is -1.31. The quantitative estimate of drug-likeness (QED) is 0.274. The standard InChI is InChI=1S/C19H20FNO6S/c1-21(26-2)28(24,25)17-11-7-15(8-12-17)19(23)27-13-3-4-18(22)14-5-9-16(20)10-6-14/h5-12H,3-4,13H2,1-2H3. The third-order valence-electron chi connectivity index (χ3n) is 3.93. The van der Waals surface area contributed by atoms with Gasteiger partial charge < -0.3 is 4.74 Å². The van der Waals surface area contributed by atoms with Crippen molar-refractivity contribution < 1.29 is 32.0 Å². The zero-order valence-electron chi connectivity index (χ0n) is 15.4. The lowest BCUT2D eigenvalue weighted by atomic mass is 10.1. The second kappa shape index (κ2) is 9.54. The maximum Gasteiger partial charge on any atom is 0.338 e. The van der Waals surface area contributed by atoms with E-state index >= 15 is 0 Å². The molecule has 2 rings (SSSR count). The van der Waals surface area contributed by atoms with Crippen molar-refractivity contribution in [3.63, 3.8) is 0 Å². The number of sulfonamides is 1. The number of halogens is 1. The van der Waals surface area contributed by atoms with Crippen LogP contribution in [-0.4, -0.2) is 45.4 Å². The summed E-state index contributed by atoms with van der Waals surface area (Å²) >= 11 is 0. The first kappa shape index (κ1) is 21.7. The number of esters is 1. The van der Waals surface area contributed by atoms with Gasteiger partial charge in [0.25, 0.3) is 10.0 Å². The Balaban J connectivity index is 1.85. The molecule has 9 heteroatoms. The lowest BCUT2D eigenvalue weighted by Gasteiger charge is -2.14. The molecule has 0 aromatic heterocycles. The van der Waals surface area contributed by atoms with Crippen LogP contribution in [0.4, 0.5) is 4.39 Å². The average Bonchev–Trinajstić information content (AvgIpc) is 2.70. The molecule has 0 amide bonds. The number of ether oxygens (including phenoxy) is 1. The van der Waals surface area contributed by atoms with Crippen LogP contribution >= 0.6 is 0 Å². The number of carbonyl (C=O) groups is 2. The summed E-state index contributed by atoms with van der Waals surface area (Å²) in [6.45, 7) is 0.0260. The highest BCUT2D eigenvalue weighted by molar-refractivity contribution is 7.89. The number of hydrogen-bond acceptors (Lipinski definition) is 6. The van der Waals surface area contributed by atoms with Crippen LogP contribution in [0.15, 0.2) is 53.4 Å². The predicted octanol–water partition coefficient (Wildman–Crippen LogP) is 2.83. The van der Waals surface area contributed by atoms with E-state index in [-0.39, 0.29) is 29.3 Å². The molecular weight excluding hydrogens is 389 g/mol. The summed E-state index contributed by atoms with van der Waals surface area (Å²) in [5, 5.41) is 0. The van der Waals surface area contributed by atoms with Crippen molar-refractivity contribution in [1.29, 1.82) is 0 Å². The van der Waals surface area contributed by atoms with E-state index < -0.39 is 21.8 Å². The Morgan fingerprint density at radius 3 is 2.14 bits per heavy atom. The molecule has 0 radical (unpaired) electrons. The van der Waals surface area contributed by atoms with E-state index in [0.29, 0.717) is 16.5 Å². The lowest BCUT2D eigenvalue weighted by Crippen LogP contribution is -2.25. The number of benzene rings is 2. The number of hydrogen-bond donors (Lipinski definition) is 0. The van der Waals surface area contributed by atoms with Crippen molar-refractivity contribution in [2.24, 2.45) is 0 Å². The summed E-state index contributed by atoms with van der Waals surface area (Å²) in [6.07, 6.45) is 0.465. The van der Waals surface area contributed by atoms with Gasteiger partial charge in [-0.1, -0.05) is 4.47 Å². The Morgan fingerprint density at radius 2 is 1.57 bits per heavy atom. The minimum absolute atomic E-state index is 0.0260. The van der Waals surface area contributed by atoms with E-state index in [1.807, 2.05) is 0 Å². The molecule has 0 spiro atoms. The van der Waals surface area contributed by atoms with Crippen molar-refractivity contribution in [3.8, 4) is 0 Å². The minimum atomic E-state index is -3.79. The van der Waals surface area contributed by atoms with Gasteiger partial charge >= 0.3 is 5.97 Å². The van der Waals surface area contributed by atoms with Gasteiger partial charge in [-0.05, 0) is 55.0 Å². The summed E-state index contributed by atoms with van der Waals surface area (Å²) in [6, 6.07) is 10.5. The van der Waals surface area contributed by atoms with Gasteiger partial charge in [-0.15, -0.1) is 0 Å². The maximum absolute atomic E-state index is 12.8. The monoisotopic (exact) mass is 409 g/mol. The molecule has 0 aliphatic carbocycles. The highest BCUT2D eigenvalue weighted by Gasteiger charge is 2.21. The molecule has 2 aromatic rings. The molecule has 0 saturated carbocycles. The summed E-state index contributed by atoms with van der Waals surface area (Å²) in [5.41, 5.74) is 0.578. The van der Waals surface area contributed by atoms with Crippen molar-refractivity contribution in [2.45, 2.75) is 17.7 Å². The van der Waals surface area contributed by atoms with Gasteiger partial charge in [-0.25, -0.2) is 17.6 Å². The largest absolute Gasteiger partial charge is 0.462 e. The fourth-order valence-corrected chi connectivity index (χ4v) is 3.24. The van der Waals surface area contributed by atoms with Crippen molar-refractivity contribution in [1.82, 2.24) is 4.47 Å². The molecule has 0 N–H and O–H groups in total. The minimum Gasteiger partial charge on any atom is -0.462 e. The first-order valence-electron chi connectivity index (χ1n) is 8.34. The van der Waals surface area contributed by atoms with Crippen molar-refractivity contribution >= 4 is 21.8 Å². The molecule has 0 saturated heterocycles. The van der Waals surface area contributed by atoms with Gasteiger partial charge in [-0.3, -0.25) is 9.63 Å². The number of rotatable bonds is 9. The van der Waals surface area contributed by atoms with Crippen LogP contribution in [-0.2, 0) is 19.6 Å². The van der Waals surface area contributed by atoms with E-state index in [0.717, 1.165) is 0 Å². The fraction of sp³-hybridized carbons (Fsp3) is 0.263. The van der Waals surface area contributed by atoms with Gasteiger partial charge in [0.1, 0.15) is 5.82 Å². The van der Waals surface area contributed by atoms with Gasteiger partial charge in [0.15, 0.2) is 5.78 Å². The van der Waals surface area contributed by atoms with E-state index in [2.05, 4.69) is 4.84 Å². The summed E-state index contributed by atoms with van der Waals surface area (Å²) < 4.78 is 42.8. The van der Waals surface area contributed by atoms with Crippen LogP contribution in [0.3, 0.4) is 0 Å². The molecule has 0 fully saturated rings. The number of ketones is 1. The summed E-state index contributed by atoms with van der Waals surface area (Å²) in [4.78, 5) is 28.6. The van der Waals surface area contributed by atoms with E-state index in [9.17, 15) is 22.4 Å². The number of Topliss-reactive ketones (excluding diaryl/α,β-unsaturated/α-hetero) is 1. The molecule has 0 heterocycles. The van der Waals surface area contributed by atoms with Gasteiger partial charge in [0, 0.05) is 19.0 Å². The van der Waals surface area contributed by atoms with Crippen LogP contribution in [0.1, 0.15) is 33.6 Å². The second-order valence-electron chi connectivity index (χ2n) is 5.79. The van der Waals surface area contributed by atoms with Crippen LogP contribution in [0, 0.1) is 5.82 Å². The highest BCUT2D eigenvalue weighted by atomic mass is 32.2. The first-order valence-corrected chi connectivity index (χ1v) is 9.78. The molecular formula is C19H20FNO6S. The fourth-order valence-electron chi connectivity index (χ4n) is 2.27. The first-order chi connectivity index (χ1) is 13.3. The predicted molar refractivity (Wildman–Crippen MR) is 98.6 cm³/mol. The van der Waals surface area contributed by atoms with Gasteiger partial charge in [0.05, 0.1) is 24.2 Å². The number of carbonyl (C=O) groups excluding carboxylic acids is 2. The third-order valence-corrected chi connectivity index (χ3v) is 5.62. The van der Waals surface area contributed by atoms with Crippen LogP contribution in [0.2, 0.25) is 0 Å². The topological polar surface area (TPSA) is 90.0 Å². The van der Waals surface area contributed by atoms with E-state index in [1.54, 1.807) is 0 Å². The van der Waals surface area contributed by atoms with Gasteiger partial charge in [0.2, 0.25) is 0 Å². The van der Waals surface area contributed by atoms with Crippen LogP contribution < -0.4 is 0 Å². The molecule has 7 nitrogen and oxygen atoms in total. The zero-order chi connectivity index (χ0) is 20.7. The molecule has 150 valence electrons. The third kappa shape index (κ3) is 5.44. The second-order valence-corrected chi connectivity index (χ2v) is 7.73. The Hall–Kier alpha value is -2.62. The Morgan fingerprint density at radius 1 is 1.00 bits per heavy atom. The van der Waals surface area contributed by atoms with Crippen LogP contribution in [0.5, 0.6) is 0 Å². The highest BCUT2D eigenvalue weighted by Crippen LogP contribution is 2.16. The number of hydroxylamine groups is 1. The van der Waals surface area contributed by atoms with Crippen molar-refractivity contribution in [2.75, 3.05) is 20.8 Å². The molecule has 0 unspecified atom stereocenters. The smallest absolute Gasteiger partial charge is 0.338 e. The molecule has 0 aliphatic rings. The molecule has 28 heavy (non-hydrogen) atoms. The Kier molecular flexibility index (Phi) is 7.38. The zero-order valence-corrected chi connectivity index (χ0v) is 16.2. The lowest BCUT2D eigenvalue weighted by molar-refractivity contribution is -0.0258. The molecule has 0 aliphatic heterocycles. The summed E-state index contributed by atoms with van der Waals surface area (Å²) in [5.74, 6) is -1.22. The van der Waals surface area contributed by atoms with E-state index in [1.165, 1.54) is 62.7 Å². The SMILES string of the molecule is CON(C)S(=O)(=O)c1ccc(C(=O)OCCCC(=O)c2ccc(F)cc2)cc1. The average molecular weight is 409 g/mol. The molecule has 0 bridgehead atoms. The van der Waals surface area contributed by atoms with Gasteiger partial charge in [-0.2, -0.15) is 0 Å².